The van der Waals surface area contributed by atoms with Crippen LogP contribution in [0.15, 0.2) is 65.4 Å². The minimum absolute atomic E-state index is 0.119. The van der Waals surface area contributed by atoms with Crippen LogP contribution >= 0.6 is 0 Å². The van der Waals surface area contributed by atoms with Gasteiger partial charge < -0.3 is 14.7 Å². The highest BCUT2D eigenvalue weighted by molar-refractivity contribution is 5.91. The number of pyridine rings is 1. The molecule has 1 aromatic carbocycles. The summed E-state index contributed by atoms with van der Waals surface area (Å²) in [5.74, 6) is 0.280. The van der Waals surface area contributed by atoms with Crippen molar-refractivity contribution < 1.29 is 14.1 Å². The van der Waals surface area contributed by atoms with Gasteiger partial charge in [-0.05, 0) is 24.5 Å². The summed E-state index contributed by atoms with van der Waals surface area (Å²) in [5, 5.41) is 7.15. The quantitative estimate of drug-likeness (QED) is 0.682. The van der Waals surface area contributed by atoms with Crippen LogP contribution in [0.5, 0.6) is 0 Å². The molecular weight excluding hydrogens is 380 g/mol. The molecule has 3 aromatic rings. The van der Waals surface area contributed by atoms with E-state index >= 15 is 0 Å². The summed E-state index contributed by atoms with van der Waals surface area (Å²) in [4.78, 5) is 31.4. The monoisotopic (exact) mass is 404 g/mol. The maximum absolute atomic E-state index is 13.3. The van der Waals surface area contributed by atoms with Gasteiger partial charge in [0.05, 0.1) is 0 Å². The fourth-order valence-corrected chi connectivity index (χ4v) is 4.12. The zero-order valence-corrected chi connectivity index (χ0v) is 16.9. The van der Waals surface area contributed by atoms with Crippen LogP contribution in [-0.2, 0) is 22.6 Å². The lowest BCUT2D eigenvalue weighted by Gasteiger charge is -2.36. The molecule has 4 rings (SSSR count). The van der Waals surface area contributed by atoms with Crippen molar-refractivity contribution >= 4 is 11.8 Å². The summed E-state index contributed by atoms with van der Waals surface area (Å²) >= 11 is 0. The molecule has 0 spiro atoms. The lowest BCUT2D eigenvalue weighted by atomic mass is 9.89. The number of hydrogen-bond donors (Lipinski definition) is 1. The first-order valence-corrected chi connectivity index (χ1v) is 10.0. The first kappa shape index (κ1) is 19.8. The second-order valence-corrected chi connectivity index (χ2v) is 7.57. The number of likely N-dealkylation sites (tertiary alicyclic amines) is 1. The normalized spacial score (nSPS) is 18.4. The van der Waals surface area contributed by atoms with Gasteiger partial charge in [-0.2, -0.15) is 0 Å². The van der Waals surface area contributed by atoms with Gasteiger partial charge >= 0.3 is 0 Å². The smallest absolute Gasteiger partial charge is 0.246 e. The Hall–Kier alpha value is -3.48. The number of carbonyl (C=O) groups excluding carboxylic acids is 2. The highest BCUT2D eigenvalue weighted by atomic mass is 16.5. The third kappa shape index (κ3) is 3.96. The van der Waals surface area contributed by atoms with Gasteiger partial charge in [0.1, 0.15) is 17.0 Å². The fourth-order valence-electron chi connectivity index (χ4n) is 4.12. The van der Waals surface area contributed by atoms with Crippen LogP contribution in [0.25, 0.3) is 11.3 Å². The average molecular weight is 404 g/mol. The Kier molecular flexibility index (Phi) is 5.61. The lowest BCUT2D eigenvalue weighted by Crippen LogP contribution is -2.58. The van der Waals surface area contributed by atoms with E-state index in [1.54, 1.807) is 17.3 Å². The van der Waals surface area contributed by atoms with Crippen molar-refractivity contribution in [3.8, 4) is 11.3 Å². The Morgan fingerprint density at radius 1 is 1.20 bits per heavy atom. The summed E-state index contributed by atoms with van der Waals surface area (Å²) in [6.07, 6.45) is 5.03. The van der Waals surface area contributed by atoms with Crippen LogP contribution in [0.4, 0.5) is 0 Å². The first-order valence-electron chi connectivity index (χ1n) is 10.0. The minimum Gasteiger partial charge on any atom is -0.361 e. The molecule has 2 aromatic heterocycles. The van der Waals surface area contributed by atoms with Gasteiger partial charge in [0.25, 0.3) is 0 Å². The van der Waals surface area contributed by atoms with Crippen LogP contribution in [0.3, 0.4) is 0 Å². The first-order chi connectivity index (χ1) is 14.6. The number of benzene rings is 1. The number of rotatable bonds is 6. The van der Waals surface area contributed by atoms with Gasteiger partial charge in [-0.15, -0.1) is 0 Å². The molecule has 0 radical (unpaired) electrons. The molecule has 1 aliphatic heterocycles. The molecule has 1 unspecified atom stereocenters. The average Bonchev–Trinajstić information content (AvgIpc) is 3.41. The SMILES string of the molecule is CC(=O)N1CCCC1(Cc1cc(-c2ccccc2)no1)C(=O)NCc1cccnc1. The zero-order chi connectivity index (χ0) is 21.0. The van der Waals surface area contributed by atoms with Crippen molar-refractivity contribution in [2.45, 2.75) is 38.3 Å². The third-order valence-corrected chi connectivity index (χ3v) is 5.56. The van der Waals surface area contributed by atoms with Gasteiger partial charge in [-0.25, -0.2) is 0 Å². The maximum atomic E-state index is 13.3. The molecule has 0 bridgehead atoms. The summed E-state index contributed by atoms with van der Waals surface area (Å²) in [7, 11) is 0. The number of nitrogens with zero attached hydrogens (tertiary/aromatic N) is 3. The van der Waals surface area contributed by atoms with E-state index in [0.717, 1.165) is 17.5 Å². The molecule has 30 heavy (non-hydrogen) atoms. The molecule has 1 fully saturated rings. The molecule has 1 saturated heterocycles. The van der Waals surface area contributed by atoms with E-state index in [-0.39, 0.29) is 18.2 Å². The molecule has 1 atom stereocenters. The van der Waals surface area contributed by atoms with E-state index in [2.05, 4.69) is 15.5 Å². The van der Waals surface area contributed by atoms with Crippen molar-refractivity contribution in [3.63, 3.8) is 0 Å². The standard InChI is InChI=1S/C23H24N4O3/c1-17(28)27-12-6-10-23(27,22(29)25-16-18-7-5-11-24-15-18)14-20-13-21(26-30-20)19-8-3-2-4-9-19/h2-5,7-9,11,13,15H,6,10,12,14,16H2,1H3,(H,25,29). The summed E-state index contributed by atoms with van der Waals surface area (Å²) in [6, 6.07) is 15.3. The Labute approximate surface area is 175 Å². The van der Waals surface area contributed by atoms with Crippen molar-refractivity contribution in [2.75, 3.05) is 6.54 Å². The summed E-state index contributed by atoms with van der Waals surface area (Å²) in [5.41, 5.74) is 1.57. The molecule has 0 saturated carbocycles. The Morgan fingerprint density at radius 3 is 2.77 bits per heavy atom. The Balaban J connectivity index is 1.58. The van der Waals surface area contributed by atoms with Gasteiger partial charge in [0.15, 0.2) is 0 Å². The predicted molar refractivity (Wildman–Crippen MR) is 111 cm³/mol. The van der Waals surface area contributed by atoms with Gasteiger partial charge in [0.2, 0.25) is 11.8 Å². The second-order valence-electron chi connectivity index (χ2n) is 7.57. The Bertz CT molecular complexity index is 1020. The molecule has 154 valence electrons. The van der Waals surface area contributed by atoms with Crippen LogP contribution in [-0.4, -0.2) is 38.9 Å². The summed E-state index contributed by atoms with van der Waals surface area (Å²) < 4.78 is 5.57. The number of carbonyl (C=O) groups is 2. The van der Waals surface area contributed by atoms with Crippen molar-refractivity contribution in [3.05, 3.63) is 72.2 Å². The number of nitrogens with one attached hydrogen (secondary N) is 1. The maximum Gasteiger partial charge on any atom is 0.246 e. The molecule has 0 aliphatic carbocycles. The second kappa shape index (κ2) is 8.49. The number of aromatic nitrogens is 2. The summed E-state index contributed by atoms with van der Waals surface area (Å²) in [6.45, 7) is 2.41. The zero-order valence-electron chi connectivity index (χ0n) is 16.9. The highest BCUT2D eigenvalue weighted by Crippen LogP contribution is 2.34. The van der Waals surface area contributed by atoms with E-state index in [9.17, 15) is 9.59 Å². The molecule has 7 nitrogen and oxygen atoms in total. The third-order valence-electron chi connectivity index (χ3n) is 5.56. The van der Waals surface area contributed by atoms with Gasteiger partial charge in [-0.3, -0.25) is 14.6 Å². The predicted octanol–water partition coefficient (Wildman–Crippen LogP) is 2.98. The van der Waals surface area contributed by atoms with Crippen LogP contribution in [0, 0.1) is 0 Å². The van der Waals surface area contributed by atoms with E-state index in [0.29, 0.717) is 31.0 Å². The van der Waals surface area contributed by atoms with E-state index in [1.807, 2.05) is 48.5 Å². The van der Waals surface area contributed by atoms with Gasteiger partial charge in [0, 0.05) is 50.5 Å². The molecule has 2 amide bonds. The van der Waals surface area contributed by atoms with Crippen LogP contribution < -0.4 is 5.32 Å². The Morgan fingerprint density at radius 2 is 2.03 bits per heavy atom. The van der Waals surface area contributed by atoms with Crippen molar-refractivity contribution in [1.82, 2.24) is 20.4 Å². The number of amides is 2. The van der Waals surface area contributed by atoms with E-state index in [1.165, 1.54) is 6.92 Å². The molecule has 3 heterocycles. The van der Waals surface area contributed by atoms with E-state index < -0.39 is 5.54 Å². The largest absolute Gasteiger partial charge is 0.361 e. The number of hydrogen-bond acceptors (Lipinski definition) is 5. The molecular formula is C23H24N4O3. The van der Waals surface area contributed by atoms with Crippen molar-refractivity contribution in [1.29, 1.82) is 0 Å². The molecule has 1 aliphatic rings. The van der Waals surface area contributed by atoms with Crippen molar-refractivity contribution in [2.24, 2.45) is 0 Å². The lowest BCUT2D eigenvalue weighted by molar-refractivity contribution is -0.144. The fraction of sp³-hybridized carbons (Fsp3) is 0.304. The molecule has 1 N–H and O–H groups in total. The van der Waals surface area contributed by atoms with Crippen LogP contribution in [0.2, 0.25) is 0 Å². The van der Waals surface area contributed by atoms with E-state index in [4.69, 9.17) is 4.52 Å². The minimum atomic E-state index is -0.985. The van der Waals surface area contributed by atoms with Crippen LogP contribution in [0.1, 0.15) is 31.1 Å². The molecule has 7 heteroatoms. The topological polar surface area (TPSA) is 88.3 Å². The van der Waals surface area contributed by atoms with Gasteiger partial charge in [-0.1, -0.05) is 41.6 Å². The highest BCUT2D eigenvalue weighted by Gasteiger charge is 2.49.